The van der Waals surface area contributed by atoms with Crippen molar-refractivity contribution in [1.29, 1.82) is 0 Å². The molecular formula is C12H18BrN3O2. The molecule has 0 saturated carbocycles. The number of hydrogen-bond donors (Lipinski definition) is 2. The van der Waals surface area contributed by atoms with Crippen molar-refractivity contribution < 1.29 is 9.90 Å². The van der Waals surface area contributed by atoms with E-state index in [-0.39, 0.29) is 18.6 Å². The van der Waals surface area contributed by atoms with Crippen molar-refractivity contribution in [2.45, 2.75) is 19.4 Å². The van der Waals surface area contributed by atoms with E-state index in [4.69, 9.17) is 5.11 Å². The highest BCUT2D eigenvalue weighted by Gasteiger charge is 2.16. The molecule has 0 aliphatic rings. The molecule has 0 aromatic carbocycles. The van der Waals surface area contributed by atoms with Gasteiger partial charge in [-0.2, -0.15) is 0 Å². The smallest absolute Gasteiger partial charge is 0.255 e. The van der Waals surface area contributed by atoms with Crippen LogP contribution >= 0.6 is 15.9 Å². The highest BCUT2D eigenvalue weighted by Crippen LogP contribution is 2.20. The molecule has 2 N–H and O–H groups in total. The van der Waals surface area contributed by atoms with Gasteiger partial charge in [0.05, 0.1) is 5.56 Å². The lowest BCUT2D eigenvalue weighted by Crippen LogP contribution is -2.34. The molecule has 18 heavy (non-hydrogen) atoms. The third-order valence-corrected chi connectivity index (χ3v) is 2.87. The molecule has 6 heteroatoms. The largest absolute Gasteiger partial charge is 0.396 e. The third-order valence-electron chi connectivity index (χ3n) is 2.44. The molecule has 0 bridgehead atoms. The zero-order valence-electron chi connectivity index (χ0n) is 10.8. The number of carbonyl (C=O) groups excluding carboxylic acids is 1. The first-order chi connectivity index (χ1) is 8.45. The number of aliphatic hydroxyl groups excluding tert-OH is 1. The number of carbonyl (C=O) groups is 1. The Hall–Kier alpha value is -1.14. The number of halogens is 1. The zero-order chi connectivity index (χ0) is 13.7. The third kappa shape index (κ3) is 3.96. The summed E-state index contributed by atoms with van der Waals surface area (Å²) < 4.78 is 0.757. The summed E-state index contributed by atoms with van der Waals surface area (Å²) in [5.74, 6) is 0.431. The van der Waals surface area contributed by atoms with Crippen molar-refractivity contribution in [1.82, 2.24) is 10.3 Å². The van der Waals surface area contributed by atoms with Gasteiger partial charge in [0, 0.05) is 37.4 Å². The van der Waals surface area contributed by atoms with Gasteiger partial charge in [-0.3, -0.25) is 4.79 Å². The molecule has 1 aromatic rings. The van der Waals surface area contributed by atoms with Gasteiger partial charge in [0.1, 0.15) is 5.82 Å². The monoisotopic (exact) mass is 315 g/mol. The number of nitrogens with one attached hydrogen (secondary N) is 1. The van der Waals surface area contributed by atoms with E-state index < -0.39 is 0 Å². The Labute approximate surface area is 115 Å². The quantitative estimate of drug-likeness (QED) is 0.862. The van der Waals surface area contributed by atoms with Gasteiger partial charge in [0.25, 0.3) is 5.91 Å². The highest BCUT2D eigenvalue weighted by atomic mass is 79.9. The minimum Gasteiger partial charge on any atom is -0.396 e. The Morgan fingerprint density at radius 2 is 2.28 bits per heavy atom. The van der Waals surface area contributed by atoms with Gasteiger partial charge in [0.15, 0.2) is 0 Å². The van der Waals surface area contributed by atoms with Crippen LogP contribution < -0.4 is 10.2 Å². The van der Waals surface area contributed by atoms with E-state index in [2.05, 4.69) is 26.2 Å². The summed E-state index contributed by atoms with van der Waals surface area (Å²) in [4.78, 5) is 18.1. The second-order valence-electron chi connectivity index (χ2n) is 4.31. The average Bonchev–Trinajstić information content (AvgIpc) is 2.28. The first-order valence-electron chi connectivity index (χ1n) is 5.70. The Bertz CT molecular complexity index is 424. The van der Waals surface area contributed by atoms with E-state index in [0.29, 0.717) is 17.8 Å². The second kappa shape index (κ2) is 6.70. The van der Waals surface area contributed by atoms with Crippen molar-refractivity contribution >= 4 is 27.7 Å². The Morgan fingerprint density at radius 3 is 2.83 bits per heavy atom. The lowest BCUT2D eigenvalue weighted by molar-refractivity contribution is 0.0934. The summed E-state index contributed by atoms with van der Waals surface area (Å²) in [7, 11) is 3.67. The molecule has 1 aromatic heterocycles. The van der Waals surface area contributed by atoms with Crippen LogP contribution in [-0.4, -0.2) is 42.7 Å². The number of pyridine rings is 1. The zero-order valence-corrected chi connectivity index (χ0v) is 12.4. The number of amides is 1. The second-order valence-corrected chi connectivity index (χ2v) is 5.22. The lowest BCUT2D eigenvalue weighted by Gasteiger charge is -2.18. The van der Waals surface area contributed by atoms with Crippen LogP contribution in [0.2, 0.25) is 0 Å². The predicted octanol–water partition coefficient (Wildman–Crippen LogP) is 1.41. The summed E-state index contributed by atoms with van der Waals surface area (Å²) in [6, 6.07) is 1.67. The molecule has 1 amide bonds. The van der Waals surface area contributed by atoms with Gasteiger partial charge in [-0.05, 0) is 35.3 Å². The van der Waals surface area contributed by atoms with E-state index in [1.807, 2.05) is 21.0 Å². The number of hydrogen-bond acceptors (Lipinski definition) is 4. The Morgan fingerprint density at radius 1 is 1.61 bits per heavy atom. The summed E-state index contributed by atoms with van der Waals surface area (Å²) in [6.07, 6.45) is 2.19. The first kappa shape index (κ1) is 14.9. The maximum absolute atomic E-state index is 12.1. The maximum Gasteiger partial charge on any atom is 0.255 e. The average molecular weight is 316 g/mol. The molecule has 0 aliphatic carbocycles. The Kier molecular flexibility index (Phi) is 5.55. The van der Waals surface area contributed by atoms with E-state index >= 15 is 0 Å². The summed E-state index contributed by atoms with van der Waals surface area (Å²) in [6.45, 7) is 1.91. The normalized spacial score (nSPS) is 12.1. The van der Waals surface area contributed by atoms with Crippen LogP contribution in [0.3, 0.4) is 0 Å². The number of anilines is 1. The summed E-state index contributed by atoms with van der Waals surface area (Å²) in [5, 5.41) is 11.7. The van der Waals surface area contributed by atoms with E-state index in [1.54, 1.807) is 17.2 Å². The minimum atomic E-state index is -0.187. The molecule has 0 fully saturated rings. The van der Waals surface area contributed by atoms with Crippen LogP contribution in [0.25, 0.3) is 0 Å². The fourth-order valence-corrected chi connectivity index (χ4v) is 1.85. The Balaban J connectivity index is 2.93. The fraction of sp³-hybridized carbons (Fsp3) is 0.500. The van der Waals surface area contributed by atoms with Crippen LogP contribution in [0.5, 0.6) is 0 Å². The molecule has 0 spiro atoms. The molecule has 0 radical (unpaired) electrons. The molecule has 5 nitrogen and oxygen atoms in total. The molecule has 0 saturated heterocycles. The molecule has 0 aliphatic heterocycles. The molecule has 1 heterocycles. The maximum atomic E-state index is 12.1. The first-order valence-corrected chi connectivity index (χ1v) is 6.49. The van der Waals surface area contributed by atoms with Crippen LogP contribution in [0.1, 0.15) is 23.7 Å². The predicted molar refractivity (Wildman–Crippen MR) is 74.9 cm³/mol. The fourth-order valence-electron chi connectivity index (χ4n) is 1.52. The lowest BCUT2D eigenvalue weighted by atomic mass is 10.2. The van der Waals surface area contributed by atoms with Crippen LogP contribution in [0, 0.1) is 0 Å². The number of aliphatic hydroxyl groups is 1. The number of rotatable bonds is 5. The SMILES string of the molecule is CC(CCO)NC(=O)c1cc(Br)cnc1N(C)C. The van der Waals surface area contributed by atoms with E-state index in [1.165, 1.54) is 0 Å². The summed E-state index contributed by atoms with van der Waals surface area (Å²) in [5.41, 5.74) is 0.513. The van der Waals surface area contributed by atoms with Crippen molar-refractivity contribution in [3.63, 3.8) is 0 Å². The van der Waals surface area contributed by atoms with Crippen molar-refractivity contribution in [3.05, 3.63) is 22.3 Å². The van der Waals surface area contributed by atoms with Gasteiger partial charge in [-0.25, -0.2) is 4.98 Å². The topological polar surface area (TPSA) is 65.5 Å². The van der Waals surface area contributed by atoms with Crippen molar-refractivity contribution in [3.8, 4) is 0 Å². The molecule has 1 rings (SSSR count). The molecule has 1 atom stereocenters. The number of nitrogens with zero attached hydrogens (tertiary/aromatic N) is 2. The molecular weight excluding hydrogens is 298 g/mol. The van der Waals surface area contributed by atoms with Crippen LogP contribution in [-0.2, 0) is 0 Å². The van der Waals surface area contributed by atoms with Crippen molar-refractivity contribution in [2.75, 3.05) is 25.6 Å². The van der Waals surface area contributed by atoms with E-state index in [0.717, 1.165) is 4.47 Å². The van der Waals surface area contributed by atoms with Crippen molar-refractivity contribution in [2.24, 2.45) is 0 Å². The molecule has 1 unspecified atom stereocenters. The van der Waals surface area contributed by atoms with Crippen LogP contribution in [0.4, 0.5) is 5.82 Å². The van der Waals surface area contributed by atoms with Gasteiger partial charge in [-0.15, -0.1) is 0 Å². The van der Waals surface area contributed by atoms with Crippen LogP contribution in [0.15, 0.2) is 16.7 Å². The standard InChI is InChI=1S/C12H18BrN3O2/c1-8(4-5-17)15-12(18)10-6-9(13)7-14-11(10)16(2)3/h6-8,17H,4-5H2,1-3H3,(H,15,18). The highest BCUT2D eigenvalue weighted by molar-refractivity contribution is 9.10. The number of aromatic nitrogens is 1. The molecule has 100 valence electrons. The van der Waals surface area contributed by atoms with Gasteiger partial charge >= 0.3 is 0 Å². The summed E-state index contributed by atoms with van der Waals surface area (Å²) >= 11 is 3.31. The van der Waals surface area contributed by atoms with Gasteiger partial charge < -0.3 is 15.3 Å². The van der Waals surface area contributed by atoms with Gasteiger partial charge in [0.2, 0.25) is 0 Å². The van der Waals surface area contributed by atoms with Gasteiger partial charge in [-0.1, -0.05) is 0 Å². The minimum absolute atomic E-state index is 0.0543. The van der Waals surface area contributed by atoms with E-state index in [9.17, 15) is 4.79 Å².